The van der Waals surface area contributed by atoms with Crippen LogP contribution in [-0.2, 0) is 6.54 Å². The fourth-order valence-electron chi connectivity index (χ4n) is 3.77. The van der Waals surface area contributed by atoms with E-state index >= 15 is 0 Å². The molecule has 0 saturated carbocycles. The van der Waals surface area contributed by atoms with Crippen molar-refractivity contribution in [3.05, 3.63) is 108 Å². The summed E-state index contributed by atoms with van der Waals surface area (Å²) in [5.41, 5.74) is 2.76. The van der Waals surface area contributed by atoms with Crippen LogP contribution in [0.15, 0.2) is 89.7 Å². The summed E-state index contributed by atoms with van der Waals surface area (Å²) in [5.74, 6) is -0.131. The molecule has 0 aliphatic rings. The van der Waals surface area contributed by atoms with Crippen molar-refractivity contribution in [3.8, 4) is 11.3 Å². The van der Waals surface area contributed by atoms with Crippen molar-refractivity contribution in [1.29, 1.82) is 0 Å². The lowest BCUT2D eigenvalue weighted by atomic mass is 10.1. The number of furan rings is 1. The Morgan fingerprint density at radius 1 is 1.09 bits per heavy atom. The van der Waals surface area contributed by atoms with Crippen molar-refractivity contribution in [2.24, 2.45) is 0 Å². The molecule has 2 aromatic carbocycles. The maximum Gasteiger partial charge on any atom is 0.252 e. The molecule has 1 atom stereocenters. The molecule has 1 unspecified atom stereocenters. The summed E-state index contributed by atoms with van der Waals surface area (Å²) in [7, 11) is 0. The number of carbonyl (C=O) groups is 1. The van der Waals surface area contributed by atoms with E-state index in [0.717, 1.165) is 5.56 Å². The fraction of sp³-hybridized carbons (Fsp3) is 0.115. The summed E-state index contributed by atoms with van der Waals surface area (Å²) in [6, 6.07) is 20.5. The number of carbonyl (C=O) groups excluding carboxylic acids is 1. The summed E-state index contributed by atoms with van der Waals surface area (Å²) in [4.78, 5) is 18.0. The Morgan fingerprint density at radius 2 is 1.94 bits per heavy atom. The third kappa shape index (κ3) is 4.44. The minimum Gasteiger partial charge on any atom is -0.467 e. The van der Waals surface area contributed by atoms with Gasteiger partial charge in [-0.3, -0.25) is 4.79 Å². The Balaban J connectivity index is 1.48. The highest BCUT2D eigenvalue weighted by Gasteiger charge is 2.19. The Kier molecular flexibility index (Phi) is 5.88. The number of aliphatic hydroxyl groups is 1. The van der Waals surface area contributed by atoms with Gasteiger partial charge in [0.15, 0.2) is 5.65 Å². The second kappa shape index (κ2) is 9.29. The van der Waals surface area contributed by atoms with Crippen molar-refractivity contribution in [1.82, 2.24) is 20.1 Å². The van der Waals surface area contributed by atoms with E-state index in [1.807, 2.05) is 36.4 Å². The van der Waals surface area contributed by atoms with Gasteiger partial charge in [0.25, 0.3) is 5.91 Å². The number of halogens is 1. The van der Waals surface area contributed by atoms with Gasteiger partial charge in [-0.1, -0.05) is 42.5 Å². The molecule has 5 rings (SSSR count). The lowest BCUT2D eigenvalue weighted by Gasteiger charge is -2.13. The van der Waals surface area contributed by atoms with Crippen molar-refractivity contribution < 1.29 is 18.7 Å². The zero-order chi connectivity index (χ0) is 23.5. The highest BCUT2D eigenvalue weighted by atomic mass is 19.1. The minimum absolute atomic E-state index is 0.0761. The topological polar surface area (TPSA) is 93.2 Å². The van der Waals surface area contributed by atoms with Gasteiger partial charge in [0.05, 0.1) is 35.2 Å². The third-order valence-corrected chi connectivity index (χ3v) is 5.50. The van der Waals surface area contributed by atoms with Gasteiger partial charge >= 0.3 is 0 Å². The molecule has 7 nitrogen and oxygen atoms in total. The molecule has 0 bridgehead atoms. The van der Waals surface area contributed by atoms with Gasteiger partial charge in [-0.25, -0.2) is 14.1 Å². The Bertz CT molecular complexity index is 1430. The van der Waals surface area contributed by atoms with Crippen molar-refractivity contribution >= 4 is 16.9 Å². The molecular weight excluding hydrogens is 435 g/mol. The average Bonchev–Trinajstić information content (AvgIpc) is 3.53. The lowest BCUT2D eigenvalue weighted by Crippen LogP contribution is -2.28. The number of rotatable bonds is 7. The van der Waals surface area contributed by atoms with Crippen LogP contribution in [0, 0.1) is 5.82 Å². The summed E-state index contributed by atoms with van der Waals surface area (Å²) < 4.78 is 20.6. The predicted octanol–water partition coefficient (Wildman–Crippen LogP) is 4.34. The van der Waals surface area contributed by atoms with Crippen LogP contribution in [0.5, 0.6) is 0 Å². The molecule has 0 fully saturated rings. The molecule has 2 N–H and O–H groups in total. The fourth-order valence-corrected chi connectivity index (χ4v) is 3.77. The van der Waals surface area contributed by atoms with Crippen LogP contribution < -0.4 is 5.32 Å². The average molecular weight is 456 g/mol. The van der Waals surface area contributed by atoms with Gasteiger partial charge in [-0.2, -0.15) is 5.10 Å². The standard InChI is InChI=1S/C26H21FN4O3/c27-19-9-4-8-18(12-19)24(32)15-28-26(33)21-13-23(17-6-2-1-3-7-17)30-25-22(21)14-29-31(25)16-20-10-5-11-34-20/h1-14,24,32H,15-16H2,(H,28,33). The Hall–Kier alpha value is -4.30. The second-order valence-electron chi connectivity index (χ2n) is 7.82. The highest BCUT2D eigenvalue weighted by Crippen LogP contribution is 2.25. The van der Waals surface area contributed by atoms with Crippen LogP contribution in [0.1, 0.15) is 27.8 Å². The van der Waals surface area contributed by atoms with Gasteiger partial charge in [0.2, 0.25) is 0 Å². The van der Waals surface area contributed by atoms with E-state index in [0.29, 0.717) is 40.2 Å². The molecule has 34 heavy (non-hydrogen) atoms. The molecule has 5 aromatic rings. The SMILES string of the molecule is O=C(NCC(O)c1cccc(F)c1)c1cc(-c2ccccc2)nc2c1cnn2Cc1ccco1. The largest absolute Gasteiger partial charge is 0.467 e. The molecule has 3 aromatic heterocycles. The Labute approximate surface area is 194 Å². The number of aromatic nitrogens is 3. The molecular formula is C26H21FN4O3. The summed E-state index contributed by atoms with van der Waals surface area (Å²) in [6.07, 6.45) is 2.14. The molecule has 170 valence electrons. The zero-order valence-corrected chi connectivity index (χ0v) is 18.1. The quantitative estimate of drug-likeness (QED) is 0.380. The van der Waals surface area contributed by atoms with Crippen molar-refractivity contribution in [2.45, 2.75) is 12.6 Å². The van der Waals surface area contributed by atoms with Crippen LogP contribution >= 0.6 is 0 Å². The molecule has 3 heterocycles. The van der Waals surface area contributed by atoms with E-state index in [1.54, 1.807) is 35.3 Å². The minimum atomic E-state index is -1.05. The Morgan fingerprint density at radius 3 is 2.71 bits per heavy atom. The summed E-state index contributed by atoms with van der Waals surface area (Å²) in [5, 5.41) is 18.2. The van der Waals surface area contributed by atoms with E-state index in [9.17, 15) is 14.3 Å². The van der Waals surface area contributed by atoms with E-state index in [1.165, 1.54) is 18.2 Å². The van der Waals surface area contributed by atoms with Crippen LogP contribution in [-0.4, -0.2) is 32.3 Å². The number of fused-ring (bicyclic) bond motifs is 1. The maximum atomic E-state index is 13.5. The number of hydrogen-bond donors (Lipinski definition) is 2. The first kappa shape index (κ1) is 21.5. The maximum absolute atomic E-state index is 13.5. The third-order valence-electron chi connectivity index (χ3n) is 5.50. The number of aliphatic hydroxyl groups excluding tert-OH is 1. The number of nitrogens with zero attached hydrogens (tertiary/aromatic N) is 3. The first-order chi connectivity index (χ1) is 16.6. The summed E-state index contributed by atoms with van der Waals surface area (Å²) in [6.45, 7) is 0.286. The highest BCUT2D eigenvalue weighted by molar-refractivity contribution is 6.06. The van der Waals surface area contributed by atoms with Crippen LogP contribution in [0.3, 0.4) is 0 Å². The van der Waals surface area contributed by atoms with Gasteiger partial charge < -0.3 is 14.8 Å². The smallest absolute Gasteiger partial charge is 0.252 e. The van der Waals surface area contributed by atoms with Gasteiger partial charge in [0, 0.05) is 12.1 Å². The number of amides is 1. The van der Waals surface area contributed by atoms with Gasteiger partial charge in [0.1, 0.15) is 18.1 Å². The molecule has 0 aliphatic heterocycles. The van der Waals surface area contributed by atoms with Gasteiger partial charge in [-0.15, -0.1) is 0 Å². The summed E-state index contributed by atoms with van der Waals surface area (Å²) >= 11 is 0. The normalized spacial score (nSPS) is 12.1. The predicted molar refractivity (Wildman–Crippen MR) is 124 cm³/mol. The zero-order valence-electron chi connectivity index (χ0n) is 18.1. The molecule has 1 amide bonds. The first-order valence-electron chi connectivity index (χ1n) is 10.7. The van der Waals surface area contributed by atoms with Crippen LogP contribution in [0.25, 0.3) is 22.3 Å². The first-order valence-corrected chi connectivity index (χ1v) is 10.7. The molecule has 0 spiro atoms. The number of benzene rings is 2. The molecule has 0 aliphatic carbocycles. The number of pyridine rings is 1. The van der Waals surface area contributed by atoms with E-state index < -0.39 is 17.8 Å². The van der Waals surface area contributed by atoms with Crippen molar-refractivity contribution in [3.63, 3.8) is 0 Å². The monoisotopic (exact) mass is 456 g/mol. The molecule has 0 radical (unpaired) electrons. The second-order valence-corrected chi connectivity index (χ2v) is 7.82. The molecule has 8 heteroatoms. The lowest BCUT2D eigenvalue weighted by molar-refractivity contribution is 0.0918. The van der Waals surface area contributed by atoms with Crippen LogP contribution in [0.4, 0.5) is 4.39 Å². The van der Waals surface area contributed by atoms with Crippen LogP contribution in [0.2, 0.25) is 0 Å². The number of nitrogens with one attached hydrogen (secondary N) is 1. The number of hydrogen-bond acceptors (Lipinski definition) is 5. The van der Waals surface area contributed by atoms with E-state index in [2.05, 4.69) is 10.4 Å². The van der Waals surface area contributed by atoms with E-state index in [-0.39, 0.29) is 6.54 Å². The van der Waals surface area contributed by atoms with Crippen molar-refractivity contribution in [2.75, 3.05) is 6.54 Å². The van der Waals surface area contributed by atoms with Gasteiger partial charge in [-0.05, 0) is 35.9 Å². The van der Waals surface area contributed by atoms with E-state index in [4.69, 9.17) is 9.40 Å². The molecule has 0 saturated heterocycles.